The van der Waals surface area contributed by atoms with Crippen LogP contribution in [-0.4, -0.2) is 62.4 Å². The fraction of sp³-hybridized carbons (Fsp3) is 0.607. The normalized spacial score (nSPS) is 14.3. The van der Waals surface area contributed by atoms with Gasteiger partial charge in [0.2, 0.25) is 0 Å². The van der Waals surface area contributed by atoms with Gasteiger partial charge >= 0.3 is 18.2 Å². The number of hydrogen-bond acceptors (Lipinski definition) is 8. The van der Waals surface area contributed by atoms with E-state index in [1.54, 1.807) is 65.6 Å². The van der Waals surface area contributed by atoms with Gasteiger partial charge in [0.15, 0.2) is 0 Å². The molecule has 0 aliphatic heterocycles. The molecule has 10 heteroatoms. The van der Waals surface area contributed by atoms with Crippen LogP contribution < -0.4 is 0 Å². The van der Waals surface area contributed by atoms with Crippen molar-refractivity contribution < 1.29 is 28.6 Å². The summed E-state index contributed by atoms with van der Waals surface area (Å²) in [5.41, 5.74) is -1.23. The molecule has 0 aliphatic carbocycles. The van der Waals surface area contributed by atoms with E-state index in [0.29, 0.717) is 24.4 Å². The van der Waals surface area contributed by atoms with Crippen LogP contribution in [-0.2, 0) is 24.4 Å². The zero-order valence-electron chi connectivity index (χ0n) is 24.3. The third-order valence-corrected chi connectivity index (χ3v) is 6.09. The second-order valence-electron chi connectivity index (χ2n) is 11.7. The highest BCUT2D eigenvalue weighted by Crippen LogP contribution is 2.35. The van der Waals surface area contributed by atoms with E-state index in [1.165, 1.54) is 7.11 Å². The van der Waals surface area contributed by atoms with Crippen LogP contribution in [0.25, 0.3) is 5.82 Å². The summed E-state index contributed by atoms with van der Waals surface area (Å²) in [6.07, 6.45) is 2.75. The lowest BCUT2D eigenvalue weighted by Gasteiger charge is -2.32. The van der Waals surface area contributed by atoms with E-state index in [1.807, 2.05) is 32.0 Å². The van der Waals surface area contributed by atoms with Gasteiger partial charge < -0.3 is 14.2 Å². The molecule has 38 heavy (non-hydrogen) atoms. The van der Waals surface area contributed by atoms with Gasteiger partial charge in [0.05, 0.1) is 12.8 Å². The number of aromatic nitrogens is 3. The van der Waals surface area contributed by atoms with Gasteiger partial charge in [-0.25, -0.2) is 24.5 Å². The van der Waals surface area contributed by atoms with Crippen molar-refractivity contribution in [2.45, 2.75) is 91.8 Å². The molecule has 0 aromatic carbocycles. The van der Waals surface area contributed by atoms with Crippen LogP contribution in [0.1, 0.15) is 79.6 Å². The van der Waals surface area contributed by atoms with Crippen molar-refractivity contribution in [3.8, 4) is 5.82 Å². The Morgan fingerprint density at radius 3 is 2.08 bits per heavy atom. The summed E-state index contributed by atoms with van der Waals surface area (Å²) < 4.78 is 17.8. The predicted molar refractivity (Wildman–Crippen MR) is 143 cm³/mol. The summed E-state index contributed by atoms with van der Waals surface area (Å²) in [5, 5.41) is 0. The molecule has 2 amide bonds. The first kappa shape index (κ1) is 30.8. The molecular formula is C28H42N4O6. The Bertz CT molecular complexity index is 1100. The number of methoxy groups -OCH3 is 1. The van der Waals surface area contributed by atoms with E-state index in [-0.39, 0.29) is 12.5 Å². The zero-order valence-corrected chi connectivity index (χ0v) is 24.3. The van der Waals surface area contributed by atoms with E-state index in [2.05, 4.69) is 9.97 Å². The molecule has 2 unspecified atom stereocenters. The quantitative estimate of drug-likeness (QED) is 0.320. The molecule has 2 aromatic rings. The second kappa shape index (κ2) is 12.0. The maximum absolute atomic E-state index is 13.1. The number of nitrogens with zero attached hydrogens (tertiary/aromatic N) is 4. The van der Waals surface area contributed by atoms with Crippen molar-refractivity contribution in [1.82, 2.24) is 19.4 Å². The van der Waals surface area contributed by atoms with Gasteiger partial charge in [-0.1, -0.05) is 13.0 Å². The number of imidazole rings is 1. The van der Waals surface area contributed by atoms with Crippen molar-refractivity contribution in [2.75, 3.05) is 13.7 Å². The summed E-state index contributed by atoms with van der Waals surface area (Å²) in [7, 11) is 1.35. The Hall–Kier alpha value is -3.43. The lowest BCUT2D eigenvalue weighted by molar-refractivity contribution is -0.149. The van der Waals surface area contributed by atoms with E-state index < -0.39 is 34.8 Å². The SMILES string of the molecule is COC(=O)C(C)(c1cn(-c2cccc(C)n2)cn1)C(C)CCCN(C(=O)OC(C)(C)C)C(=O)OC(C)(C)C. The van der Waals surface area contributed by atoms with Gasteiger partial charge in [-0.15, -0.1) is 0 Å². The van der Waals surface area contributed by atoms with Gasteiger partial charge in [-0.2, -0.15) is 0 Å². The lowest BCUT2D eigenvalue weighted by atomic mass is 9.73. The number of ether oxygens (including phenoxy) is 3. The predicted octanol–water partition coefficient (Wildman–Crippen LogP) is 5.59. The van der Waals surface area contributed by atoms with Crippen LogP contribution in [0.3, 0.4) is 0 Å². The van der Waals surface area contributed by atoms with Crippen molar-refractivity contribution in [1.29, 1.82) is 0 Å². The van der Waals surface area contributed by atoms with Gasteiger partial charge in [0.1, 0.15) is 28.8 Å². The number of rotatable bonds is 8. The first-order chi connectivity index (χ1) is 17.5. The van der Waals surface area contributed by atoms with Crippen molar-refractivity contribution in [2.24, 2.45) is 5.92 Å². The highest BCUT2D eigenvalue weighted by molar-refractivity contribution is 5.88. The van der Waals surface area contributed by atoms with Gasteiger partial charge in [0, 0.05) is 18.4 Å². The maximum Gasteiger partial charge on any atom is 0.419 e. The van der Waals surface area contributed by atoms with Crippen LogP contribution in [0.2, 0.25) is 0 Å². The average molecular weight is 531 g/mol. The largest absolute Gasteiger partial charge is 0.468 e. The Balaban J connectivity index is 2.24. The number of carbonyl (C=O) groups is 3. The van der Waals surface area contributed by atoms with Crippen LogP contribution in [0, 0.1) is 12.8 Å². The molecule has 2 atom stereocenters. The standard InChI is InChI=1S/C28H42N4O6/c1-19(13-12-16-32(24(34)37-26(3,4)5)25(35)38-27(6,7)8)28(9,23(33)36-10)21-17-31(18-29-21)22-15-11-14-20(2)30-22/h11,14-15,17-19H,12-13,16H2,1-10H3. The minimum Gasteiger partial charge on any atom is -0.468 e. The minimum absolute atomic E-state index is 0.0626. The molecule has 0 saturated carbocycles. The monoisotopic (exact) mass is 530 g/mol. The van der Waals surface area contributed by atoms with E-state index >= 15 is 0 Å². The summed E-state index contributed by atoms with van der Waals surface area (Å²) in [6.45, 7) is 16.1. The molecule has 210 valence electrons. The summed E-state index contributed by atoms with van der Waals surface area (Å²) in [6, 6.07) is 5.67. The lowest BCUT2D eigenvalue weighted by Crippen LogP contribution is -2.44. The molecule has 0 radical (unpaired) electrons. The molecule has 2 heterocycles. The number of imide groups is 1. The van der Waals surface area contributed by atoms with Crippen molar-refractivity contribution in [3.63, 3.8) is 0 Å². The van der Waals surface area contributed by atoms with E-state index in [4.69, 9.17) is 14.2 Å². The molecular weight excluding hydrogens is 488 g/mol. The number of aryl methyl sites for hydroxylation is 1. The maximum atomic E-state index is 13.1. The molecule has 0 N–H and O–H groups in total. The van der Waals surface area contributed by atoms with Crippen molar-refractivity contribution >= 4 is 18.2 Å². The molecule has 0 saturated heterocycles. The van der Waals surface area contributed by atoms with Crippen LogP contribution in [0.15, 0.2) is 30.7 Å². The first-order valence-corrected chi connectivity index (χ1v) is 12.8. The summed E-state index contributed by atoms with van der Waals surface area (Å²) in [4.78, 5) is 48.7. The van der Waals surface area contributed by atoms with Crippen LogP contribution in [0.4, 0.5) is 9.59 Å². The molecule has 0 bridgehead atoms. The van der Waals surface area contributed by atoms with Crippen LogP contribution in [0.5, 0.6) is 0 Å². The number of esters is 1. The van der Waals surface area contributed by atoms with Crippen molar-refractivity contribution in [3.05, 3.63) is 42.1 Å². The summed E-state index contributed by atoms with van der Waals surface area (Å²) in [5.74, 6) is 0.0143. The Labute approximate surface area is 225 Å². The topological polar surface area (TPSA) is 113 Å². The smallest absolute Gasteiger partial charge is 0.419 e. The molecule has 0 fully saturated rings. The average Bonchev–Trinajstić information content (AvgIpc) is 3.29. The minimum atomic E-state index is -1.08. The van der Waals surface area contributed by atoms with E-state index in [9.17, 15) is 14.4 Å². The van der Waals surface area contributed by atoms with Gasteiger partial charge in [-0.05, 0) is 86.3 Å². The Morgan fingerprint density at radius 2 is 1.58 bits per heavy atom. The van der Waals surface area contributed by atoms with E-state index in [0.717, 1.165) is 10.6 Å². The number of hydrogen-bond donors (Lipinski definition) is 0. The highest BCUT2D eigenvalue weighted by Gasteiger charge is 2.44. The van der Waals surface area contributed by atoms with Crippen LogP contribution >= 0.6 is 0 Å². The second-order valence-corrected chi connectivity index (χ2v) is 11.7. The fourth-order valence-electron chi connectivity index (χ4n) is 3.89. The Kier molecular flexibility index (Phi) is 9.69. The third kappa shape index (κ3) is 8.03. The highest BCUT2D eigenvalue weighted by atomic mass is 16.6. The zero-order chi connectivity index (χ0) is 28.9. The third-order valence-electron chi connectivity index (χ3n) is 6.09. The molecule has 0 spiro atoms. The van der Waals surface area contributed by atoms with Gasteiger partial charge in [0.25, 0.3) is 0 Å². The molecule has 2 rings (SSSR count). The fourth-order valence-corrected chi connectivity index (χ4v) is 3.89. The molecule has 10 nitrogen and oxygen atoms in total. The molecule has 2 aromatic heterocycles. The number of amides is 2. The first-order valence-electron chi connectivity index (χ1n) is 12.8. The Morgan fingerprint density at radius 1 is 1.00 bits per heavy atom. The number of pyridine rings is 1. The molecule has 0 aliphatic rings. The number of carbonyl (C=O) groups excluding carboxylic acids is 3. The van der Waals surface area contributed by atoms with Gasteiger partial charge in [-0.3, -0.25) is 9.36 Å². The summed E-state index contributed by atoms with van der Waals surface area (Å²) >= 11 is 0.